The molecule has 0 bridgehead atoms. The first-order valence-electron chi connectivity index (χ1n) is 13.0. The van der Waals surface area contributed by atoms with Crippen molar-refractivity contribution in [2.45, 2.75) is 44.3 Å². The van der Waals surface area contributed by atoms with Gasteiger partial charge in [0.05, 0.1) is 23.3 Å². The van der Waals surface area contributed by atoms with Crippen molar-refractivity contribution in [3.8, 4) is 21.7 Å². The van der Waals surface area contributed by atoms with Gasteiger partial charge in [-0.3, -0.25) is 9.59 Å². The molecule has 1 aromatic heterocycles. The number of ether oxygens (including phenoxy) is 1. The second kappa shape index (κ2) is 12.7. The summed E-state index contributed by atoms with van der Waals surface area (Å²) in [5.41, 5.74) is 2.66. The lowest BCUT2D eigenvalue weighted by atomic mass is 10.0. The van der Waals surface area contributed by atoms with Gasteiger partial charge in [-0.2, -0.15) is 17.9 Å². The van der Waals surface area contributed by atoms with E-state index in [1.54, 1.807) is 57.2 Å². The van der Waals surface area contributed by atoms with Gasteiger partial charge in [-0.25, -0.2) is 13.4 Å². The summed E-state index contributed by atoms with van der Waals surface area (Å²) in [6.07, 6.45) is -4.21. The molecule has 0 saturated heterocycles. The highest BCUT2D eigenvalue weighted by atomic mass is 32.2. The fraction of sp³-hybridized carbons (Fsp3) is 0.233. The number of anilines is 1. The van der Waals surface area contributed by atoms with Crippen LogP contribution in [0.5, 0.6) is 0 Å². The zero-order valence-corrected chi connectivity index (χ0v) is 25.2. The number of hydrogen-bond donors (Lipinski definition) is 2. The molecule has 2 N–H and O–H groups in total. The number of benzene rings is 3. The maximum atomic E-state index is 13.0. The van der Waals surface area contributed by atoms with Crippen LogP contribution < -0.4 is 10.0 Å². The number of aromatic nitrogens is 1. The van der Waals surface area contributed by atoms with Crippen molar-refractivity contribution in [3.63, 3.8) is 0 Å². The number of carbonyl (C=O) groups is 2. The van der Waals surface area contributed by atoms with E-state index in [9.17, 15) is 31.2 Å². The first-order valence-corrected chi connectivity index (χ1v) is 15.3. The largest absolute Gasteiger partial charge is 0.468 e. The highest BCUT2D eigenvalue weighted by molar-refractivity contribution is 7.89. The first-order chi connectivity index (χ1) is 20.2. The molecule has 43 heavy (non-hydrogen) atoms. The third-order valence-corrected chi connectivity index (χ3v) is 9.43. The Hall–Kier alpha value is -4.07. The molecule has 0 unspecified atom stereocenters. The lowest BCUT2D eigenvalue weighted by molar-refractivity contribution is -0.142. The summed E-state index contributed by atoms with van der Waals surface area (Å²) in [6.45, 7) is 4.98. The summed E-state index contributed by atoms with van der Waals surface area (Å²) in [4.78, 5) is 29.6. The number of nitrogens with one attached hydrogen (secondary N) is 2. The smallest absolute Gasteiger partial charge is 0.416 e. The highest BCUT2D eigenvalue weighted by Crippen LogP contribution is 2.33. The van der Waals surface area contributed by atoms with E-state index in [0.29, 0.717) is 32.4 Å². The van der Waals surface area contributed by atoms with Crippen molar-refractivity contribution < 1.29 is 35.9 Å². The Morgan fingerprint density at radius 3 is 2.12 bits per heavy atom. The van der Waals surface area contributed by atoms with Crippen molar-refractivity contribution >= 4 is 38.9 Å². The van der Waals surface area contributed by atoms with Crippen LogP contribution in [0.1, 0.15) is 39.8 Å². The normalized spacial score (nSPS) is 12.5. The van der Waals surface area contributed by atoms with Crippen LogP contribution in [0.25, 0.3) is 21.7 Å². The van der Waals surface area contributed by atoms with Gasteiger partial charge in [0.2, 0.25) is 10.0 Å². The molecule has 13 heteroatoms. The number of rotatable bonds is 9. The fourth-order valence-corrected chi connectivity index (χ4v) is 6.75. The fourth-order valence-electron chi connectivity index (χ4n) is 4.29. The lowest BCUT2D eigenvalue weighted by Crippen LogP contribution is -2.41. The Morgan fingerprint density at radius 2 is 1.56 bits per heavy atom. The molecule has 4 rings (SSSR count). The van der Waals surface area contributed by atoms with Crippen molar-refractivity contribution in [1.29, 1.82) is 0 Å². The average molecular weight is 632 g/mol. The summed E-state index contributed by atoms with van der Waals surface area (Å²) >= 11 is 1.08. The van der Waals surface area contributed by atoms with E-state index in [4.69, 9.17) is 0 Å². The van der Waals surface area contributed by atoms with Crippen LogP contribution in [-0.4, -0.2) is 38.4 Å². The van der Waals surface area contributed by atoms with E-state index >= 15 is 0 Å². The molecule has 0 aliphatic rings. The van der Waals surface area contributed by atoms with Gasteiger partial charge < -0.3 is 10.1 Å². The molecule has 226 valence electrons. The summed E-state index contributed by atoms with van der Waals surface area (Å²) in [6, 6.07) is 15.4. The number of aryl methyl sites for hydroxylation is 2. The van der Waals surface area contributed by atoms with Gasteiger partial charge in [-0.1, -0.05) is 43.3 Å². The van der Waals surface area contributed by atoms with Crippen LogP contribution in [0, 0.1) is 13.8 Å². The van der Waals surface area contributed by atoms with E-state index in [1.807, 2.05) is 0 Å². The summed E-state index contributed by atoms with van der Waals surface area (Å²) < 4.78 is 71.5. The second-order valence-electron chi connectivity index (χ2n) is 9.63. The molecule has 4 aromatic rings. The summed E-state index contributed by atoms with van der Waals surface area (Å²) in [5, 5.41) is 3.24. The van der Waals surface area contributed by atoms with Gasteiger partial charge in [-0.15, -0.1) is 11.3 Å². The number of esters is 1. The number of sulfonamides is 1. The molecule has 0 radical (unpaired) electrons. The Labute approximate surface area is 251 Å². The Bertz CT molecular complexity index is 1750. The van der Waals surface area contributed by atoms with Crippen molar-refractivity contribution in [1.82, 2.24) is 9.71 Å². The van der Waals surface area contributed by atoms with E-state index < -0.39 is 39.7 Å². The van der Waals surface area contributed by atoms with Crippen LogP contribution in [0.2, 0.25) is 0 Å². The molecular formula is C30H28F3N3O5S2. The van der Waals surface area contributed by atoms with Crippen LogP contribution in [-0.2, 0) is 25.7 Å². The number of methoxy groups -OCH3 is 1. The van der Waals surface area contributed by atoms with Crippen molar-refractivity contribution in [2.24, 2.45) is 0 Å². The molecule has 0 aliphatic carbocycles. The number of carbonyl (C=O) groups excluding carboxylic acids is 2. The number of hydrogen-bond acceptors (Lipinski definition) is 7. The molecule has 1 heterocycles. The minimum Gasteiger partial charge on any atom is -0.468 e. The number of alkyl halides is 3. The van der Waals surface area contributed by atoms with Crippen LogP contribution in [0.3, 0.4) is 0 Å². The topological polar surface area (TPSA) is 114 Å². The predicted molar refractivity (Wildman–Crippen MR) is 158 cm³/mol. The number of nitrogens with zero attached hydrogens (tertiary/aromatic N) is 1. The minimum atomic E-state index is -4.44. The maximum Gasteiger partial charge on any atom is 0.416 e. The number of halogens is 3. The van der Waals surface area contributed by atoms with Gasteiger partial charge in [0, 0.05) is 11.3 Å². The molecular weight excluding hydrogens is 603 g/mol. The van der Waals surface area contributed by atoms with E-state index in [1.165, 1.54) is 25.3 Å². The molecule has 0 aliphatic heterocycles. The molecule has 1 amide bonds. The minimum absolute atomic E-state index is 0.0399. The maximum absolute atomic E-state index is 13.0. The van der Waals surface area contributed by atoms with Crippen LogP contribution in [0.4, 0.5) is 18.9 Å². The van der Waals surface area contributed by atoms with Gasteiger partial charge in [0.25, 0.3) is 5.91 Å². The summed E-state index contributed by atoms with van der Waals surface area (Å²) in [5.74, 6) is -1.08. The van der Waals surface area contributed by atoms with Gasteiger partial charge in [0.1, 0.15) is 15.9 Å². The molecule has 8 nitrogen and oxygen atoms in total. The zero-order chi connectivity index (χ0) is 31.5. The van der Waals surface area contributed by atoms with Gasteiger partial charge in [0.15, 0.2) is 0 Å². The molecule has 1 atom stereocenters. The van der Waals surface area contributed by atoms with E-state index in [-0.39, 0.29) is 11.3 Å². The van der Waals surface area contributed by atoms with Crippen LogP contribution >= 0.6 is 11.3 Å². The average Bonchev–Trinajstić information content (AvgIpc) is 3.37. The third-order valence-electron chi connectivity index (χ3n) is 6.59. The Balaban J connectivity index is 1.46. The Morgan fingerprint density at radius 1 is 0.953 bits per heavy atom. The van der Waals surface area contributed by atoms with Crippen LogP contribution in [0.15, 0.2) is 71.6 Å². The standard InChI is InChI=1S/C30H28F3N3O5S2/c1-5-24(29(38)41-4)36-43(39,40)25-15-10-21(16-17(25)2)19-8-13-23(14-9-19)35-27(37)26-18(3)34-28(42-26)20-6-11-22(12-7-20)30(31,32)33/h6-16,24,36H,5H2,1-4H3,(H,35,37)/t24-/m0/s1. The van der Waals surface area contributed by atoms with Gasteiger partial charge in [-0.05, 0) is 67.3 Å². The molecule has 3 aromatic carbocycles. The highest BCUT2D eigenvalue weighted by Gasteiger charge is 2.30. The van der Waals surface area contributed by atoms with Crippen molar-refractivity contribution in [3.05, 3.63) is 88.4 Å². The summed E-state index contributed by atoms with van der Waals surface area (Å²) in [7, 11) is -2.78. The monoisotopic (exact) mass is 631 g/mol. The Kier molecular flexibility index (Phi) is 9.38. The van der Waals surface area contributed by atoms with E-state index in [2.05, 4.69) is 19.8 Å². The SMILES string of the molecule is CC[C@H](NS(=O)(=O)c1ccc(-c2ccc(NC(=O)c3sc(-c4ccc(C(F)(F)F)cc4)nc3C)cc2)cc1C)C(=O)OC. The zero-order valence-electron chi connectivity index (χ0n) is 23.6. The molecule has 0 saturated carbocycles. The molecule has 0 spiro atoms. The number of amides is 1. The predicted octanol–water partition coefficient (Wildman–Crippen LogP) is 6.59. The molecule has 0 fully saturated rings. The van der Waals surface area contributed by atoms with Gasteiger partial charge >= 0.3 is 12.1 Å². The lowest BCUT2D eigenvalue weighted by Gasteiger charge is -2.16. The second-order valence-corrected chi connectivity index (χ2v) is 12.3. The third kappa shape index (κ3) is 7.29. The quantitative estimate of drug-likeness (QED) is 0.201. The first kappa shape index (κ1) is 31.9. The van der Waals surface area contributed by atoms with E-state index in [0.717, 1.165) is 34.6 Å². The van der Waals surface area contributed by atoms with Crippen molar-refractivity contribution in [2.75, 3.05) is 12.4 Å². The number of thiazole rings is 1.